The molecule has 0 aromatic heterocycles. The second kappa shape index (κ2) is 6.89. The Bertz CT molecular complexity index is 570. The topological polar surface area (TPSA) is 70.0 Å². The molecule has 2 atom stereocenters. The Labute approximate surface area is 137 Å². The van der Waals surface area contributed by atoms with Gasteiger partial charge in [-0.2, -0.15) is 0 Å². The molecule has 5 heteroatoms. The first kappa shape index (κ1) is 17.8. The van der Waals surface area contributed by atoms with Gasteiger partial charge in [-0.1, -0.05) is 12.1 Å². The van der Waals surface area contributed by atoms with Gasteiger partial charge in [0, 0.05) is 25.6 Å². The third kappa shape index (κ3) is 3.85. The van der Waals surface area contributed by atoms with E-state index in [0.29, 0.717) is 18.7 Å². The van der Waals surface area contributed by atoms with Gasteiger partial charge in [0.1, 0.15) is 5.75 Å². The minimum atomic E-state index is -1.01. The molecule has 1 saturated heterocycles. The number of aliphatic hydroxyl groups is 2. The monoisotopic (exact) mass is 321 g/mol. The number of piperidine rings is 1. The molecule has 1 aromatic rings. The third-order valence-corrected chi connectivity index (χ3v) is 4.68. The number of ether oxygens (including phenoxy) is 1. The summed E-state index contributed by atoms with van der Waals surface area (Å²) < 4.78 is 5.99. The Balaban J connectivity index is 2.10. The second-order valence-electron chi connectivity index (χ2n) is 6.86. The third-order valence-electron chi connectivity index (χ3n) is 4.68. The normalized spacial score (nSPS) is 22.1. The van der Waals surface area contributed by atoms with Crippen LogP contribution in [0.4, 0.5) is 0 Å². The number of benzene rings is 1. The van der Waals surface area contributed by atoms with Crippen molar-refractivity contribution in [2.24, 2.45) is 5.92 Å². The molecule has 1 aliphatic heterocycles. The van der Waals surface area contributed by atoms with Crippen molar-refractivity contribution in [3.05, 3.63) is 29.3 Å². The molecule has 0 radical (unpaired) electrons. The van der Waals surface area contributed by atoms with Gasteiger partial charge in [-0.3, -0.25) is 4.79 Å². The highest BCUT2D eigenvalue weighted by Crippen LogP contribution is 2.27. The largest absolute Gasteiger partial charge is 0.478 e. The number of aryl methyl sites for hydroxylation is 1. The van der Waals surface area contributed by atoms with Crippen LogP contribution in [-0.2, 0) is 4.79 Å². The lowest BCUT2D eigenvalue weighted by Crippen LogP contribution is -2.55. The zero-order chi connectivity index (χ0) is 17.2. The fourth-order valence-electron chi connectivity index (χ4n) is 2.91. The molecule has 1 heterocycles. The lowest BCUT2D eigenvalue weighted by molar-refractivity contribution is -0.150. The van der Waals surface area contributed by atoms with Crippen LogP contribution in [0.3, 0.4) is 0 Å². The van der Waals surface area contributed by atoms with Gasteiger partial charge < -0.3 is 19.8 Å². The maximum Gasteiger partial charge on any atom is 0.266 e. The number of likely N-dealkylation sites (tertiary alicyclic amines) is 1. The van der Waals surface area contributed by atoms with E-state index in [-0.39, 0.29) is 25.0 Å². The van der Waals surface area contributed by atoms with Crippen molar-refractivity contribution in [3.8, 4) is 5.75 Å². The molecule has 0 unspecified atom stereocenters. The fraction of sp³-hybridized carbons (Fsp3) is 0.611. The lowest BCUT2D eigenvalue weighted by atomic mass is 9.93. The average molecular weight is 321 g/mol. The van der Waals surface area contributed by atoms with Crippen LogP contribution in [0.15, 0.2) is 18.2 Å². The van der Waals surface area contributed by atoms with Crippen LogP contribution in [-0.4, -0.2) is 52.4 Å². The first-order chi connectivity index (χ1) is 10.8. The highest BCUT2D eigenvalue weighted by Gasteiger charge is 2.38. The van der Waals surface area contributed by atoms with E-state index in [2.05, 4.69) is 0 Å². The van der Waals surface area contributed by atoms with Crippen molar-refractivity contribution in [1.82, 2.24) is 4.90 Å². The van der Waals surface area contributed by atoms with Crippen molar-refractivity contribution in [2.45, 2.75) is 45.8 Å². The molecule has 1 aliphatic rings. The minimum Gasteiger partial charge on any atom is -0.478 e. The summed E-state index contributed by atoms with van der Waals surface area (Å²) in [7, 11) is 0. The summed E-state index contributed by atoms with van der Waals surface area (Å²) in [5.74, 6) is 0.407. The molecular formula is C18H27NO4. The van der Waals surface area contributed by atoms with Gasteiger partial charge in [-0.15, -0.1) is 0 Å². The molecule has 0 aliphatic carbocycles. The van der Waals surface area contributed by atoms with Crippen LogP contribution >= 0.6 is 0 Å². The number of amides is 1. The fourth-order valence-corrected chi connectivity index (χ4v) is 2.91. The SMILES string of the molecule is Cc1cccc(OC(C)(C)C(=O)N2CC[C@H](CO)[C@H](O)C2)c1C. The van der Waals surface area contributed by atoms with Crippen LogP contribution in [0.5, 0.6) is 5.75 Å². The van der Waals surface area contributed by atoms with E-state index in [1.54, 1.807) is 18.7 Å². The molecule has 0 spiro atoms. The first-order valence-electron chi connectivity index (χ1n) is 8.09. The molecule has 128 valence electrons. The zero-order valence-corrected chi connectivity index (χ0v) is 14.4. The summed E-state index contributed by atoms with van der Waals surface area (Å²) in [6.45, 7) is 8.20. The number of hydrogen-bond acceptors (Lipinski definition) is 4. The van der Waals surface area contributed by atoms with Gasteiger partial charge in [0.05, 0.1) is 6.10 Å². The van der Waals surface area contributed by atoms with Gasteiger partial charge in [0.2, 0.25) is 0 Å². The summed E-state index contributed by atoms with van der Waals surface area (Å²) in [6.07, 6.45) is -0.0858. The molecule has 5 nitrogen and oxygen atoms in total. The van der Waals surface area contributed by atoms with Crippen molar-refractivity contribution in [2.75, 3.05) is 19.7 Å². The van der Waals surface area contributed by atoms with Gasteiger partial charge >= 0.3 is 0 Å². The Hall–Kier alpha value is -1.59. The summed E-state index contributed by atoms with van der Waals surface area (Å²) in [4.78, 5) is 14.4. The van der Waals surface area contributed by atoms with E-state index < -0.39 is 11.7 Å². The Morgan fingerprint density at radius 1 is 1.39 bits per heavy atom. The first-order valence-corrected chi connectivity index (χ1v) is 8.09. The Kier molecular flexibility index (Phi) is 5.32. The highest BCUT2D eigenvalue weighted by atomic mass is 16.5. The summed E-state index contributed by atoms with van der Waals surface area (Å²) in [5, 5.41) is 19.2. The highest BCUT2D eigenvalue weighted by molar-refractivity contribution is 5.85. The van der Waals surface area contributed by atoms with Crippen molar-refractivity contribution in [3.63, 3.8) is 0 Å². The smallest absolute Gasteiger partial charge is 0.266 e. The second-order valence-corrected chi connectivity index (χ2v) is 6.86. The number of β-amino-alcohol motifs (C(OH)–C–C–N with tert-alkyl or cyclic N) is 1. The maximum absolute atomic E-state index is 12.8. The molecule has 2 N–H and O–H groups in total. The van der Waals surface area contributed by atoms with E-state index in [0.717, 1.165) is 11.1 Å². The lowest BCUT2D eigenvalue weighted by Gasteiger charge is -2.39. The standard InChI is InChI=1S/C18H27NO4/c1-12-6-5-7-16(13(12)2)23-18(3,4)17(22)19-9-8-14(11-20)15(21)10-19/h5-7,14-15,20-21H,8-11H2,1-4H3/t14-,15-/m1/s1. The van der Waals surface area contributed by atoms with Crippen LogP contribution in [0, 0.1) is 19.8 Å². The van der Waals surface area contributed by atoms with Crippen LogP contribution < -0.4 is 4.74 Å². The van der Waals surface area contributed by atoms with Gasteiger partial charge in [0.15, 0.2) is 5.60 Å². The van der Waals surface area contributed by atoms with Crippen molar-refractivity contribution in [1.29, 1.82) is 0 Å². The number of carbonyl (C=O) groups excluding carboxylic acids is 1. The van der Waals surface area contributed by atoms with Gasteiger partial charge in [-0.25, -0.2) is 0 Å². The Morgan fingerprint density at radius 3 is 2.70 bits per heavy atom. The number of nitrogens with zero attached hydrogens (tertiary/aromatic N) is 1. The number of hydrogen-bond donors (Lipinski definition) is 2. The molecule has 0 saturated carbocycles. The van der Waals surface area contributed by atoms with E-state index in [1.807, 2.05) is 32.0 Å². The average Bonchev–Trinajstić information content (AvgIpc) is 2.51. The Morgan fingerprint density at radius 2 is 2.09 bits per heavy atom. The maximum atomic E-state index is 12.8. The van der Waals surface area contributed by atoms with Crippen molar-refractivity contribution >= 4 is 5.91 Å². The summed E-state index contributed by atoms with van der Waals surface area (Å²) in [6, 6.07) is 5.78. The molecule has 1 fully saturated rings. The predicted octanol–water partition coefficient (Wildman–Crippen LogP) is 1.66. The molecule has 23 heavy (non-hydrogen) atoms. The van der Waals surface area contributed by atoms with E-state index >= 15 is 0 Å². The van der Waals surface area contributed by atoms with E-state index in [9.17, 15) is 15.0 Å². The number of carbonyl (C=O) groups is 1. The molecule has 1 amide bonds. The van der Waals surface area contributed by atoms with Crippen LogP contribution in [0.25, 0.3) is 0 Å². The van der Waals surface area contributed by atoms with Crippen LogP contribution in [0.1, 0.15) is 31.4 Å². The molecule has 0 bridgehead atoms. The quantitative estimate of drug-likeness (QED) is 0.885. The molecule has 1 aromatic carbocycles. The number of aliphatic hydroxyl groups excluding tert-OH is 2. The van der Waals surface area contributed by atoms with E-state index in [4.69, 9.17) is 4.74 Å². The predicted molar refractivity (Wildman–Crippen MR) is 88.4 cm³/mol. The number of rotatable bonds is 4. The van der Waals surface area contributed by atoms with Gasteiger partial charge in [0.25, 0.3) is 5.91 Å². The molecule has 2 rings (SSSR count). The minimum absolute atomic E-state index is 0.0500. The van der Waals surface area contributed by atoms with Crippen molar-refractivity contribution < 1.29 is 19.7 Å². The molecular weight excluding hydrogens is 294 g/mol. The van der Waals surface area contributed by atoms with Crippen LogP contribution in [0.2, 0.25) is 0 Å². The zero-order valence-electron chi connectivity index (χ0n) is 14.4. The summed E-state index contributed by atoms with van der Waals surface area (Å²) >= 11 is 0. The summed E-state index contributed by atoms with van der Waals surface area (Å²) in [5.41, 5.74) is 1.13. The van der Waals surface area contributed by atoms with Gasteiger partial charge in [-0.05, 0) is 51.3 Å². The van der Waals surface area contributed by atoms with E-state index in [1.165, 1.54) is 0 Å².